The van der Waals surface area contributed by atoms with Crippen molar-refractivity contribution in [2.24, 2.45) is 0 Å². The second-order valence-corrected chi connectivity index (χ2v) is 9.14. The quantitative estimate of drug-likeness (QED) is 0.264. The number of amides is 1. The number of carbonyl (C=O) groups excluding carboxylic acids is 1. The lowest BCUT2D eigenvalue weighted by Crippen LogP contribution is -2.21. The van der Waals surface area contributed by atoms with E-state index in [1.54, 1.807) is 6.07 Å². The fourth-order valence-corrected chi connectivity index (χ4v) is 3.98. The van der Waals surface area contributed by atoms with E-state index in [1.807, 2.05) is 25.1 Å². The van der Waals surface area contributed by atoms with Gasteiger partial charge in [0.1, 0.15) is 11.8 Å². The predicted octanol–water partition coefficient (Wildman–Crippen LogP) is 6.22. The van der Waals surface area contributed by atoms with Crippen LogP contribution in [0.1, 0.15) is 12.5 Å². The number of rotatable bonds is 5. The second-order valence-electron chi connectivity index (χ2n) is 8.11. The summed E-state index contributed by atoms with van der Waals surface area (Å²) in [6, 6.07) is 9.96. The van der Waals surface area contributed by atoms with Gasteiger partial charge in [0.05, 0.1) is 16.0 Å². The number of hydrogen-bond donors (Lipinski definition) is 2. The Labute approximate surface area is 226 Å². The molecule has 0 saturated heterocycles. The third-order valence-electron chi connectivity index (χ3n) is 4.85. The number of ether oxygens (including phenoxy) is 1. The van der Waals surface area contributed by atoms with Gasteiger partial charge in [0.25, 0.3) is 0 Å². The van der Waals surface area contributed by atoms with Crippen molar-refractivity contribution >= 4 is 44.2 Å². The van der Waals surface area contributed by atoms with Crippen molar-refractivity contribution in [3.05, 3.63) is 54.4 Å². The van der Waals surface area contributed by atoms with E-state index in [2.05, 4.69) is 20.3 Å². The average Bonchev–Trinajstić information content (AvgIpc) is 3.25. The number of aromatic nitrogens is 3. The molecule has 0 fully saturated rings. The number of halogens is 6. The number of nitrogens with one attached hydrogen (secondary N) is 1. The number of aliphatic carboxylic acids is 1. The van der Waals surface area contributed by atoms with Gasteiger partial charge in [-0.1, -0.05) is 23.5 Å². The molecule has 0 saturated carbocycles. The first-order chi connectivity index (χ1) is 18.5. The summed E-state index contributed by atoms with van der Waals surface area (Å²) < 4.78 is 77.1. The number of fused-ring (bicyclic) bond motifs is 1. The molecule has 4 rings (SSSR count). The van der Waals surface area contributed by atoms with Gasteiger partial charge < -0.3 is 20.1 Å². The number of benzene rings is 2. The minimum atomic E-state index is -5.08. The number of alkyl halides is 6. The van der Waals surface area contributed by atoms with Crippen molar-refractivity contribution in [1.82, 2.24) is 15.0 Å². The highest BCUT2D eigenvalue weighted by molar-refractivity contribution is 7.22. The lowest BCUT2D eigenvalue weighted by molar-refractivity contribution is -0.192. The summed E-state index contributed by atoms with van der Waals surface area (Å²) in [6.45, 7) is 1.40. The molecule has 0 atom stereocenters. The van der Waals surface area contributed by atoms with Crippen molar-refractivity contribution in [1.29, 1.82) is 0 Å². The van der Waals surface area contributed by atoms with Crippen molar-refractivity contribution in [2.45, 2.75) is 19.3 Å². The molecule has 2 aromatic carbocycles. The Bertz CT molecular complexity index is 1520. The summed E-state index contributed by atoms with van der Waals surface area (Å²) in [6.07, 6.45) is -8.22. The number of carbonyl (C=O) groups is 2. The normalized spacial score (nSPS) is 11.4. The van der Waals surface area contributed by atoms with Crippen LogP contribution in [-0.2, 0) is 15.8 Å². The number of nitrogens with zero attached hydrogens (tertiary/aromatic N) is 4. The van der Waals surface area contributed by atoms with Gasteiger partial charge in [-0.2, -0.15) is 26.3 Å². The molecule has 2 aromatic heterocycles. The molecule has 1 amide bonds. The van der Waals surface area contributed by atoms with Crippen molar-refractivity contribution in [3.63, 3.8) is 0 Å². The number of anilines is 2. The Kier molecular flexibility index (Phi) is 8.82. The zero-order chi connectivity index (χ0) is 29.8. The fraction of sp³-hybridized carbons (Fsp3) is 0.208. The molecule has 0 bridgehead atoms. The van der Waals surface area contributed by atoms with Crippen LogP contribution >= 0.6 is 11.3 Å². The third-order valence-corrected chi connectivity index (χ3v) is 5.77. The zero-order valence-electron chi connectivity index (χ0n) is 20.8. The van der Waals surface area contributed by atoms with Crippen LogP contribution in [0.15, 0.2) is 48.8 Å². The zero-order valence-corrected chi connectivity index (χ0v) is 21.6. The highest BCUT2D eigenvalue weighted by atomic mass is 32.1. The minimum Gasteiger partial charge on any atom is -0.475 e. The first kappa shape index (κ1) is 30.1. The molecule has 0 aliphatic rings. The lowest BCUT2D eigenvalue weighted by atomic mass is 10.1. The molecular weight excluding hydrogens is 568 g/mol. The van der Waals surface area contributed by atoms with Crippen LogP contribution in [0.5, 0.6) is 11.6 Å². The van der Waals surface area contributed by atoms with Gasteiger partial charge in [-0.25, -0.2) is 19.7 Å². The fourth-order valence-electron chi connectivity index (χ4n) is 3.02. The van der Waals surface area contributed by atoms with E-state index in [0.717, 1.165) is 22.5 Å². The Morgan fingerprint density at radius 1 is 1.00 bits per heavy atom. The molecule has 2 heterocycles. The third kappa shape index (κ3) is 7.78. The van der Waals surface area contributed by atoms with E-state index in [9.17, 15) is 31.1 Å². The maximum Gasteiger partial charge on any atom is 0.490 e. The maximum absolute atomic E-state index is 12.8. The van der Waals surface area contributed by atoms with Gasteiger partial charge in [0.2, 0.25) is 11.8 Å². The Morgan fingerprint density at radius 2 is 1.62 bits per heavy atom. The molecular formula is C24H19F6N5O4S. The van der Waals surface area contributed by atoms with Crippen LogP contribution in [0.2, 0.25) is 0 Å². The number of carboxylic acids is 1. The average molecular weight is 588 g/mol. The first-order valence-corrected chi connectivity index (χ1v) is 11.7. The summed E-state index contributed by atoms with van der Waals surface area (Å²) in [5.74, 6) is -2.37. The van der Waals surface area contributed by atoms with Crippen LogP contribution < -0.4 is 15.0 Å². The van der Waals surface area contributed by atoms with Gasteiger partial charge in [-0.15, -0.1) is 0 Å². The molecule has 212 valence electrons. The van der Waals surface area contributed by atoms with Crippen molar-refractivity contribution in [2.75, 3.05) is 24.3 Å². The van der Waals surface area contributed by atoms with E-state index in [1.165, 1.54) is 42.8 Å². The van der Waals surface area contributed by atoms with Crippen molar-refractivity contribution in [3.8, 4) is 22.9 Å². The van der Waals surface area contributed by atoms with E-state index >= 15 is 0 Å². The van der Waals surface area contributed by atoms with Crippen molar-refractivity contribution < 1.29 is 45.8 Å². The molecule has 0 radical (unpaired) electrons. The smallest absolute Gasteiger partial charge is 0.475 e. The van der Waals surface area contributed by atoms with Crippen LogP contribution in [-0.4, -0.2) is 52.2 Å². The summed E-state index contributed by atoms with van der Waals surface area (Å²) >= 11 is 1.31. The topological polar surface area (TPSA) is 118 Å². The summed E-state index contributed by atoms with van der Waals surface area (Å²) in [5, 5.41) is 10.2. The van der Waals surface area contributed by atoms with Gasteiger partial charge >= 0.3 is 18.3 Å². The van der Waals surface area contributed by atoms with Gasteiger partial charge in [-0.3, -0.25) is 4.79 Å². The Hall–Kier alpha value is -4.47. The highest BCUT2D eigenvalue weighted by Crippen LogP contribution is 2.38. The molecule has 0 spiro atoms. The van der Waals surface area contributed by atoms with E-state index in [4.69, 9.17) is 14.6 Å². The predicted molar refractivity (Wildman–Crippen MR) is 134 cm³/mol. The minimum absolute atomic E-state index is 0.200. The second kappa shape index (κ2) is 11.7. The molecule has 0 aliphatic carbocycles. The molecule has 40 heavy (non-hydrogen) atoms. The summed E-state index contributed by atoms with van der Waals surface area (Å²) in [7, 11) is 3.77. The van der Waals surface area contributed by atoms with E-state index in [-0.39, 0.29) is 11.8 Å². The lowest BCUT2D eigenvalue weighted by Gasteiger charge is -2.14. The molecule has 0 unspecified atom stereocenters. The summed E-state index contributed by atoms with van der Waals surface area (Å²) in [5.41, 5.74) is 1.56. The van der Waals surface area contributed by atoms with Gasteiger partial charge in [0, 0.05) is 44.4 Å². The SMILES string of the molecule is CC(=O)Nc1nc2c(Oc3cc(-c4ccc(C(F)(F)F)cc4)ncn3)cc(N(C)C)cc2s1.O=C(O)C(F)(F)F. The Morgan fingerprint density at radius 3 is 2.15 bits per heavy atom. The van der Waals surface area contributed by atoms with Crippen LogP contribution in [0, 0.1) is 0 Å². The van der Waals surface area contributed by atoms with E-state index in [0.29, 0.717) is 27.7 Å². The summed E-state index contributed by atoms with van der Waals surface area (Å²) in [4.78, 5) is 35.0. The van der Waals surface area contributed by atoms with Crippen LogP contribution in [0.25, 0.3) is 21.5 Å². The van der Waals surface area contributed by atoms with E-state index < -0.39 is 23.9 Å². The van der Waals surface area contributed by atoms with Crippen LogP contribution in [0.3, 0.4) is 0 Å². The van der Waals surface area contributed by atoms with Crippen LogP contribution in [0.4, 0.5) is 37.2 Å². The standard InChI is InChI=1S/C22H18F3N5O2S.C2HF3O2/c1-12(31)28-21-29-20-17(8-15(30(2)3)9-18(20)33-21)32-19-10-16(26-11-27-19)13-4-6-14(7-5-13)22(23,24)25;3-2(4,5)1(6)7/h4-11H,1-3H3,(H,28,29,31);(H,6,7). The maximum atomic E-state index is 12.8. The first-order valence-electron chi connectivity index (χ1n) is 10.9. The van der Waals surface area contributed by atoms with Gasteiger partial charge in [-0.05, 0) is 18.2 Å². The molecule has 4 aromatic rings. The number of carboxylic acid groups (broad SMARTS) is 1. The van der Waals surface area contributed by atoms with Gasteiger partial charge in [0.15, 0.2) is 10.9 Å². The number of thiazole rings is 1. The number of hydrogen-bond acceptors (Lipinski definition) is 8. The molecule has 0 aliphatic heterocycles. The molecule has 9 nitrogen and oxygen atoms in total. The molecule has 2 N–H and O–H groups in total. The molecule has 16 heteroatoms. The Balaban J connectivity index is 0.000000559. The largest absolute Gasteiger partial charge is 0.490 e. The highest BCUT2D eigenvalue weighted by Gasteiger charge is 2.38. The monoisotopic (exact) mass is 587 g/mol.